The van der Waals surface area contributed by atoms with Crippen molar-refractivity contribution in [2.24, 2.45) is 5.92 Å². The predicted octanol–water partition coefficient (Wildman–Crippen LogP) is 3.11. The minimum Gasteiger partial charge on any atom is -0.475 e. The summed E-state index contributed by atoms with van der Waals surface area (Å²) in [6.07, 6.45) is -0.193. The first-order valence-electron chi connectivity index (χ1n) is 10.4. The van der Waals surface area contributed by atoms with Crippen LogP contribution in [0, 0.1) is 11.7 Å². The van der Waals surface area contributed by atoms with Crippen LogP contribution in [-0.4, -0.2) is 59.4 Å². The molecule has 0 aromatic heterocycles. The number of aliphatic carboxylic acids is 1. The van der Waals surface area contributed by atoms with Gasteiger partial charge in [0.25, 0.3) is 0 Å². The molecule has 0 unspecified atom stereocenters. The molecule has 2 N–H and O–H groups in total. The molecular weight excluding hydrogens is 420 g/mol. The molecule has 1 aromatic carbocycles. The Balaban J connectivity index is 0.000000339. The van der Waals surface area contributed by atoms with Crippen LogP contribution in [0.3, 0.4) is 0 Å². The van der Waals surface area contributed by atoms with Crippen LogP contribution in [0.15, 0.2) is 24.3 Å². The zero-order valence-electron chi connectivity index (χ0n) is 16.9. The van der Waals surface area contributed by atoms with Crippen molar-refractivity contribution in [1.82, 2.24) is 10.2 Å². The quantitative estimate of drug-likeness (QED) is 0.680. The van der Waals surface area contributed by atoms with Crippen LogP contribution in [-0.2, 0) is 20.9 Å². The fourth-order valence-corrected chi connectivity index (χ4v) is 3.93. The van der Waals surface area contributed by atoms with Crippen LogP contribution in [0.2, 0.25) is 0 Å². The summed E-state index contributed by atoms with van der Waals surface area (Å²) in [5, 5.41) is 10.2. The molecule has 1 aliphatic carbocycles. The smallest absolute Gasteiger partial charge is 0.475 e. The molecule has 3 fully saturated rings. The number of alkyl halides is 3. The molecule has 172 valence electrons. The topological polar surface area (TPSA) is 78.9 Å². The van der Waals surface area contributed by atoms with Gasteiger partial charge < -0.3 is 15.2 Å². The van der Waals surface area contributed by atoms with Crippen molar-refractivity contribution in [3.05, 3.63) is 35.6 Å². The number of hydrogen-bond donors (Lipinski definition) is 2. The number of nitrogens with one attached hydrogen (secondary N) is 1. The number of nitrogens with zero attached hydrogens (tertiary/aromatic N) is 1. The monoisotopic (exact) mass is 446 g/mol. The number of carboxylic acids is 1. The van der Waals surface area contributed by atoms with Gasteiger partial charge in [0.1, 0.15) is 11.9 Å². The lowest BCUT2D eigenvalue weighted by molar-refractivity contribution is -0.192. The van der Waals surface area contributed by atoms with E-state index in [1.54, 1.807) is 6.07 Å². The zero-order valence-corrected chi connectivity index (χ0v) is 16.9. The van der Waals surface area contributed by atoms with E-state index in [0.29, 0.717) is 18.5 Å². The Hall–Kier alpha value is -2.20. The van der Waals surface area contributed by atoms with Crippen molar-refractivity contribution in [2.45, 2.75) is 63.1 Å². The fraction of sp³-hybridized carbons (Fsp3) is 0.619. The Bertz CT molecular complexity index is 785. The number of halogens is 4. The Morgan fingerprint density at radius 2 is 1.81 bits per heavy atom. The average molecular weight is 446 g/mol. The summed E-state index contributed by atoms with van der Waals surface area (Å²) in [4.78, 5) is 23.4. The van der Waals surface area contributed by atoms with Gasteiger partial charge in [-0.3, -0.25) is 9.69 Å². The Labute approximate surface area is 177 Å². The van der Waals surface area contributed by atoms with Gasteiger partial charge in [-0.2, -0.15) is 13.2 Å². The lowest BCUT2D eigenvalue weighted by atomic mass is 9.98. The molecule has 3 atom stereocenters. The first kappa shape index (κ1) is 23.5. The molecule has 10 heteroatoms. The van der Waals surface area contributed by atoms with Gasteiger partial charge in [-0.25, -0.2) is 9.18 Å². The highest BCUT2D eigenvalue weighted by Crippen LogP contribution is 2.33. The Morgan fingerprint density at radius 3 is 2.42 bits per heavy atom. The molecule has 3 aliphatic rings. The minimum absolute atomic E-state index is 0.0490. The summed E-state index contributed by atoms with van der Waals surface area (Å²) in [5.41, 5.74) is 0.738. The van der Waals surface area contributed by atoms with Crippen LogP contribution in [0.25, 0.3) is 0 Å². The molecule has 1 amide bonds. The second-order valence-electron chi connectivity index (χ2n) is 8.15. The van der Waals surface area contributed by atoms with E-state index < -0.39 is 12.1 Å². The molecule has 0 bridgehead atoms. The van der Waals surface area contributed by atoms with Gasteiger partial charge in [0, 0.05) is 31.2 Å². The minimum atomic E-state index is -5.08. The van der Waals surface area contributed by atoms with Gasteiger partial charge in [0.05, 0.1) is 6.10 Å². The lowest BCUT2D eigenvalue weighted by Gasteiger charge is -2.35. The summed E-state index contributed by atoms with van der Waals surface area (Å²) in [7, 11) is 0. The van der Waals surface area contributed by atoms with Gasteiger partial charge in [-0.05, 0) is 44.1 Å². The van der Waals surface area contributed by atoms with Crippen LogP contribution < -0.4 is 5.32 Å². The second kappa shape index (κ2) is 9.95. The number of carbonyl (C=O) groups is 2. The molecule has 0 spiro atoms. The highest BCUT2D eigenvalue weighted by Gasteiger charge is 2.42. The molecular formula is C21H26F4N2O4. The maximum atomic E-state index is 13.9. The standard InChI is InChI=1S/C19H25FN2O2.C2HF3O2/c20-15-4-2-1-3-14(15)12-22-10-9-17-16(22)7-8-18(24-17)19(23)21-11-13-5-6-13;3-2(4,5)1(6)7/h1-4,13,16-18H,5-12H2,(H,21,23);(H,6,7)/t16-,17-,18-;/m1./s1. The zero-order chi connectivity index (χ0) is 22.6. The van der Waals surface area contributed by atoms with Gasteiger partial charge >= 0.3 is 12.1 Å². The highest BCUT2D eigenvalue weighted by atomic mass is 19.4. The summed E-state index contributed by atoms with van der Waals surface area (Å²) >= 11 is 0. The van der Waals surface area contributed by atoms with Crippen LogP contribution in [0.5, 0.6) is 0 Å². The van der Waals surface area contributed by atoms with E-state index in [0.717, 1.165) is 37.9 Å². The summed E-state index contributed by atoms with van der Waals surface area (Å²) < 4.78 is 51.7. The van der Waals surface area contributed by atoms with E-state index in [4.69, 9.17) is 14.6 Å². The van der Waals surface area contributed by atoms with E-state index in [1.807, 2.05) is 12.1 Å². The molecule has 2 saturated heterocycles. The number of carbonyl (C=O) groups excluding carboxylic acids is 1. The summed E-state index contributed by atoms with van der Waals surface area (Å²) in [6.45, 7) is 2.32. The molecule has 4 rings (SSSR count). The fourth-order valence-electron chi connectivity index (χ4n) is 3.93. The van der Waals surface area contributed by atoms with Crippen LogP contribution in [0.4, 0.5) is 17.6 Å². The highest BCUT2D eigenvalue weighted by molar-refractivity contribution is 5.80. The largest absolute Gasteiger partial charge is 0.490 e. The number of carboxylic acid groups (broad SMARTS) is 1. The first-order valence-corrected chi connectivity index (χ1v) is 10.4. The molecule has 2 heterocycles. The van der Waals surface area contributed by atoms with Crippen molar-refractivity contribution < 1.29 is 37.0 Å². The maximum absolute atomic E-state index is 13.9. The SMILES string of the molecule is O=C(NCC1CC1)[C@H]1CC[C@@H]2[C@@H](CCN2Cc2ccccc2F)O1.O=C(O)C(F)(F)F. The second-order valence-corrected chi connectivity index (χ2v) is 8.15. The predicted molar refractivity (Wildman–Crippen MR) is 103 cm³/mol. The summed E-state index contributed by atoms with van der Waals surface area (Å²) in [5.74, 6) is -2.16. The number of fused-ring (bicyclic) bond motifs is 1. The molecule has 0 radical (unpaired) electrons. The first-order chi connectivity index (χ1) is 14.6. The molecule has 1 saturated carbocycles. The number of hydrogen-bond acceptors (Lipinski definition) is 4. The normalized spacial score (nSPS) is 25.9. The van der Waals surface area contributed by atoms with Crippen LogP contribution in [0.1, 0.15) is 37.7 Å². The van der Waals surface area contributed by atoms with E-state index in [1.165, 1.54) is 18.9 Å². The maximum Gasteiger partial charge on any atom is 0.490 e. The number of amides is 1. The third-order valence-corrected chi connectivity index (χ3v) is 5.79. The molecule has 1 aromatic rings. The van der Waals surface area contributed by atoms with Crippen molar-refractivity contribution in [3.63, 3.8) is 0 Å². The average Bonchev–Trinajstić information content (AvgIpc) is 3.47. The lowest BCUT2D eigenvalue weighted by Crippen LogP contribution is -2.48. The van der Waals surface area contributed by atoms with Gasteiger partial charge in [0.15, 0.2) is 0 Å². The molecule has 31 heavy (non-hydrogen) atoms. The number of ether oxygens (including phenoxy) is 1. The Kier molecular flexibility index (Phi) is 7.53. The van der Waals surface area contributed by atoms with Gasteiger partial charge in [0.2, 0.25) is 5.91 Å². The number of likely N-dealkylation sites (tertiary alicyclic amines) is 1. The summed E-state index contributed by atoms with van der Waals surface area (Å²) in [6, 6.07) is 7.27. The van der Waals surface area contributed by atoms with E-state index >= 15 is 0 Å². The number of rotatable bonds is 5. The van der Waals surface area contributed by atoms with Gasteiger partial charge in [-0.15, -0.1) is 0 Å². The van der Waals surface area contributed by atoms with E-state index in [-0.39, 0.29) is 23.9 Å². The van der Waals surface area contributed by atoms with Crippen molar-refractivity contribution in [1.29, 1.82) is 0 Å². The van der Waals surface area contributed by atoms with Crippen molar-refractivity contribution in [2.75, 3.05) is 13.1 Å². The van der Waals surface area contributed by atoms with Crippen molar-refractivity contribution >= 4 is 11.9 Å². The van der Waals surface area contributed by atoms with Crippen LogP contribution >= 0.6 is 0 Å². The number of benzene rings is 1. The molecule has 6 nitrogen and oxygen atoms in total. The van der Waals surface area contributed by atoms with E-state index in [9.17, 15) is 22.4 Å². The Morgan fingerprint density at radius 1 is 1.13 bits per heavy atom. The third-order valence-electron chi connectivity index (χ3n) is 5.79. The van der Waals surface area contributed by atoms with E-state index in [2.05, 4.69) is 10.2 Å². The van der Waals surface area contributed by atoms with Gasteiger partial charge in [-0.1, -0.05) is 18.2 Å². The molecule has 2 aliphatic heterocycles. The third kappa shape index (κ3) is 6.64. The van der Waals surface area contributed by atoms with Crippen molar-refractivity contribution in [3.8, 4) is 0 Å².